The molecule has 1 fully saturated rings. The first-order chi connectivity index (χ1) is 5.07. The van der Waals surface area contributed by atoms with Crippen molar-refractivity contribution in [2.24, 2.45) is 17.3 Å². The molecule has 0 bridgehead atoms. The number of carbonyl (C=O) groups is 1. The Morgan fingerprint density at radius 2 is 2.09 bits per heavy atom. The lowest BCUT2D eigenvalue weighted by Crippen LogP contribution is -2.00. The van der Waals surface area contributed by atoms with E-state index in [1.54, 1.807) is 0 Å². The molecule has 62 valence electrons. The van der Waals surface area contributed by atoms with Crippen LogP contribution in [0.1, 0.15) is 27.7 Å². The van der Waals surface area contributed by atoms with Crippen molar-refractivity contribution in [3.8, 4) is 0 Å². The summed E-state index contributed by atoms with van der Waals surface area (Å²) in [4.78, 5) is 10.7. The van der Waals surface area contributed by atoms with Gasteiger partial charge in [-0.2, -0.15) is 0 Å². The van der Waals surface area contributed by atoms with Gasteiger partial charge in [0, 0.05) is 5.41 Å². The van der Waals surface area contributed by atoms with Gasteiger partial charge in [0.2, 0.25) is 0 Å². The average molecular weight is 152 g/mol. The lowest BCUT2D eigenvalue weighted by Gasteiger charge is -1.99. The Kier molecular flexibility index (Phi) is 1.91. The molecular weight excluding hydrogens is 136 g/mol. The summed E-state index contributed by atoms with van der Waals surface area (Å²) in [6, 6.07) is 0. The van der Waals surface area contributed by atoms with Gasteiger partial charge in [-0.1, -0.05) is 25.5 Å². The van der Waals surface area contributed by atoms with Crippen LogP contribution >= 0.6 is 0 Å². The maximum atomic E-state index is 10.7. The van der Waals surface area contributed by atoms with Crippen LogP contribution in [0.5, 0.6) is 0 Å². The third-order valence-electron chi connectivity index (χ3n) is 3.24. The molecule has 0 amide bonds. The minimum absolute atomic E-state index is 0.0589. The van der Waals surface area contributed by atoms with Crippen LogP contribution in [0, 0.1) is 17.3 Å². The van der Waals surface area contributed by atoms with Crippen molar-refractivity contribution >= 4 is 6.29 Å². The molecular formula is C10H16O. The van der Waals surface area contributed by atoms with Crippen LogP contribution in [0.25, 0.3) is 0 Å². The van der Waals surface area contributed by atoms with Crippen LogP contribution < -0.4 is 0 Å². The normalized spacial score (nSPS) is 43.8. The van der Waals surface area contributed by atoms with Gasteiger partial charge < -0.3 is 4.79 Å². The van der Waals surface area contributed by atoms with E-state index in [-0.39, 0.29) is 5.41 Å². The summed E-state index contributed by atoms with van der Waals surface area (Å²) < 4.78 is 0. The lowest BCUT2D eigenvalue weighted by atomic mass is 10.0. The molecule has 1 saturated carbocycles. The predicted octanol–water partition coefficient (Wildman–Crippen LogP) is 2.42. The fourth-order valence-electron chi connectivity index (χ4n) is 2.00. The Hall–Kier alpha value is -0.590. The Morgan fingerprint density at radius 1 is 1.55 bits per heavy atom. The monoisotopic (exact) mass is 152 g/mol. The summed E-state index contributed by atoms with van der Waals surface area (Å²) in [6.07, 6.45) is 3.21. The van der Waals surface area contributed by atoms with E-state index >= 15 is 0 Å². The molecule has 0 aromatic heterocycles. The lowest BCUT2D eigenvalue weighted by molar-refractivity contribution is -0.112. The highest BCUT2D eigenvalue weighted by Crippen LogP contribution is 2.60. The second-order valence-corrected chi connectivity index (χ2v) is 3.78. The smallest absolute Gasteiger partial charge is 0.126 e. The third kappa shape index (κ3) is 1.03. The summed E-state index contributed by atoms with van der Waals surface area (Å²) in [5, 5.41) is 0. The molecule has 0 unspecified atom stereocenters. The van der Waals surface area contributed by atoms with Crippen molar-refractivity contribution in [1.82, 2.24) is 0 Å². The second kappa shape index (κ2) is 2.47. The predicted molar refractivity (Wildman–Crippen MR) is 46.3 cm³/mol. The second-order valence-electron chi connectivity index (χ2n) is 3.78. The Bertz CT molecular complexity index is 205. The molecule has 0 saturated heterocycles. The number of hydrogen-bond donors (Lipinski definition) is 0. The van der Waals surface area contributed by atoms with Crippen LogP contribution in [0.4, 0.5) is 0 Å². The molecule has 1 aliphatic rings. The van der Waals surface area contributed by atoms with Gasteiger partial charge in [-0.05, 0) is 25.7 Å². The van der Waals surface area contributed by atoms with Crippen molar-refractivity contribution in [1.29, 1.82) is 0 Å². The van der Waals surface area contributed by atoms with Crippen molar-refractivity contribution in [3.63, 3.8) is 0 Å². The van der Waals surface area contributed by atoms with Crippen LogP contribution in [0.3, 0.4) is 0 Å². The number of hydrogen-bond acceptors (Lipinski definition) is 1. The molecule has 3 atom stereocenters. The van der Waals surface area contributed by atoms with E-state index in [4.69, 9.17) is 0 Å². The first-order valence-electron chi connectivity index (χ1n) is 4.17. The van der Waals surface area contributed by atoms with Gasteiger partial charge in [-0.15, -0.1) is 0 Å². The van der Waals surface area contributed by atoms with Crippen LogP contribution in [0.2, 0.25) is 0 Å². The maximum Gasteiger partial charge on any atom is 0.126 e. The third-order valence-corrected chi connectivity index (χ3v) is 3.24. The fourth-order valence-corrected chi connectivity index (χ4v) is 2.00. The number of allylic oxidation sites excluding steroid dienone is 2. The molecule has 0 spiro atoms. The summed E-state index contributed by atoms with van der Waals surface area (Å²) in [7, 11) is 0. The quantitative estimate of drug-likeness (QED) is 0.438. The van der Waals surface area contributed by atoms with Crippen LogP contribution in [-0.2, 0) is 4.79 Å². The van der Waals surface area contributed by atoms with Crippen molar-refractivity contribution in [2.75, 3.05) is 0 Å². The van der Waals surface area contributed by atoms with Crippen LogP contribution in [0.15, 0.2) is 11.6 Å². The van der Waals surface area contributed by atoms with Gasteiger partial charge in [0.1, 0.15) is 6.29 Å². The standard InChI is InChI=1S/C10H16O/c1-5-7(2)9-8(3)10(9,4)6-11/h5-6,8-9H,1-4H3/b7-5+/t8-,9-,10+/m1/s1. The first kappa shape index (κ1) is 8.51. The van der Waals surface area contributed by atoms with Crippen LogP contribution in [-0.4, -0.2) is 6.29 Å². The summed E-state index contributed by atoms with van der Waals surface area (Å²) >= 11 is 0. The van der Waals surface area contributed by atoms with Gasteiger partial charge in [-0.25, -0.2) is 0 Å². The van der Waals surface area contributed by atoms with Crippen molar-refractivity contribution in [3.05, 3.63) is 11.6 Å². The molecule has 0 aromatic rings. The van der Waals surface area contributed by atoms with Gasteiger partial charge in [0.25, 0.3) is 0 Å². The highest BCUT2D eigenvalue weighted by molar-refractivity contribution is 5.66. The van der Waals surface area contributed by atoms with E-state index in [1.165, 1.54) is 5.57 Å². The molecule has 0 heterocycles. The molecule has 1 aliphatic carbocycles. The summed E-state index contributed by atoms with van der Waals surface area (Å²) in [6.45, 7) is 8.33. The zero-order valence-electron chi connectivity index (χ0n) is 7.72. The number of aldehydes is 1. The first-order valence-corrected chi connectivity index (χ1v) is 4.17. The molecule has 0 aromatic carbocycles. The molecule has 0 aliphatic heterocycles. The molecule has 11 heavy (non-hydrogen) atoms. The minimum atomic E-state index is -0.0589. The van der Waals surface area contributed by atoms with Crippen molar-refractivity contribution < 1.29 is 4.79 Å². The SMILES string of the molecule is C/C=C(\C)[C@@H]1[C@@H](C)[C@]1(C)C=O. The number of carbonyl (C=O) groups excluding carboxylic acids is 1. The van der Waals surface area contributed by atoms with Crippen molar-refractivity contribution in [2.45, 2.75) is 27.7 Å². The molecule has 0 N–H and O–H groups in total. The Morgan fingerprint density at radius 3 is 2.36 bits per heavy atom. The average Bonchev–Trinajstić information content (AvgIpc) is 2.55. The summed E-state index contributed by atoms with van der Waals surface area (Å²) in [5.74, 6) is 1.04. The highest BCUT2D eigenvalue weighted by atomic mass is 16.1. The van der Waals surface area contributed by atoms with Gasteiger partial charge >= 0.3 is 0 Å². The van der Waals surface area contributed by atoms with E-state index in [1.807, 2.05) is 13.8 Å². The van der Waals surface area contributed by atoms with Gasteiger partial charge in [0.05, 0.1) is 0 Å². The number of rotatable bonds is 2. The van der Waals surface area contributed by atoms with E-state index in [0.717, 1.165) is 6.29 Å². The van der Waals surface area contributed by atoms with E-state index in [9.17, 15) is 4.79 Å². The minimum Gasteiger partial charge on any atom is -0.303 e. The molecule has 1 rings (SSSR count). The zero-order chi connectivity index (χ0) is 8.65. The molecule has 0 radical (unpaired) electrons. The zero-order valence-corrected chi connectivity index (χ0v) is 7.72. The van der Waals surface area contributed by atoms with Gasteiger partial charge in [-0.3, -0.25) is 0 Å². The van der Waals surface area contributed by atoms with E-state index < -0.39 is 0 Å². The maximum absolute atomic E-state index is 10.7. The Labute approximate surface area is 68.5 Å². The molecule has 1 heteroatoms. The molecule has 1 nitrogen and oxygen atoms in total. The fraction of sp³-hybridized carbons (Fsp3) is 0.700. The Balaban J connectivity index is 2.76. The van der Waals surface area contributed by atoms with Gasteiger partial charge in [0.15, 0.2) is 0 Å². The summed E-state index contributed by atoms with van der Waals surface area (Å²) in [5.41, 5.74) is 1.29. The van der Waals surface area contributed by atoms with E-state index in [2.05, 4.69) is 19.9 Å². The topological polar surface area (TPSA) is 17.1 Å². The highest BCUT2D eigenvalue weighted by Gasteiger charge is 2.58. The largest absolute Gasteiger partial charge is 0.303 e. The van der Waals surface area contributed by atoms with E-state index in [0.29, 0.717) is 11.8 Å².